The van der Waals surface area contributed by atoms with Crippen molar-refractivity contribution < 1.29 is 18.4 Å². The highest BCUT2D eigenvalue weighted by atomic mass is 32.2. The maximum atomic E-state index is 14.8. The average molecular weight is 698 g/mol. The molecule has 0 bridgehead atoms. The van der Waals surface area contributed by atoms with Crippen LogP contribution in [-0.2, 0) is 25.5 Å². The first-order valence-corrected chi connectivity index (χ1v) is 22.6. The predicted molar refractivity (Wildman–Crippen MR) is 190 cm³/mol. The van der Waals surface area contributed by atoms with Crippen molar-refractivity contribution in [2.75, 3.05) is 5.75 Å². The molecule has 0 radical (unpaired) electrons. The molecule has 1 aromatic heterocycles. The Balaban J connectivity index is 1.51. The summed E-state index contributed by atoms with van der Waals surface area (Å²) in [6.07, 6.45) is -0.259. The SMILES string of the molecule is C[C@@H](O[Si](C)(C)C(C)(C)C)[C@H]1C(=O)N2C(C(=O)O[Si](c3ccccc3)(c3ccccc3)C(C)(C)C)C(CSc3nnnn3C)S[C@H]12. The van der Waals surface area contributed by atoms with E-state index in [1.165, 1.54) is 11.8 Å². The van der Waals surface area contributed by atoms with E-state index in [-0.39, 0.29) is 39.6 Å². The van der Waals surface area contributed by atoms with Gasteiger partial charge in [-0.25, -0.2) is 4.68 Å². The number of benzene rings is 2. The van der Waals surface area contributed by atoms with Gasteiger partial charge in [0.15, 0.2) is 8.32 Å². The lowest BCUT2D eigenvalue weighted by atomic mass is 9.91. The van der Waals surface area contributed by atoms with Crippen LogP contribution < -0.4 is 10.4 Å². The first-order valence-electron chi connectivity index (χ1n) is 15.8. The summed E-state index contributed by atoms with van der Waals surface area (Å²) in [4.78, 5) is 30.6. The molecule has 2 unspecified atom stereocenters. The smallest absolute Gasteiger partial charge is 0.323 e. The highest BCUT2D eigenvalue weighted by Crippen LogP contribution is 2.52. The van der Waals surface area contributed by atoms with Crippen molar-refractivity contribution in [3.63, 3.8) is 0 Å². The van der Waals surface area contributed by atoms with Crippen LogP contribution in [0.5, 0.6) is 0 Å². The third-order valence-electron chi connectivity index (χ3n) is 9.75. The fourth-order valence-corrected chi connectivity index (χ4v) is 15.0. The normalized spacial score (nSPS) is 22.7. The van der Waals surface area contributed by atoms with Crippen molar-refractivity contribution in [2.45, 2.75) is 99.6 Å². The third kappa shape index (κ3) is 6.25. The number of carbonyl (C=O) groups excluding carboxylic acids is 2. The van der Waals surface area contributed by atoms with Gasteiger partial charge in [-0.2, -0.15) is 0 Å². The van der Waals surface area contributed by atoms with Crippen LogP contribution in [-0.4, -0.2) is 82.1 Å². The molecule has 2 aliphatic rings. The van der Waals surface area contributed by atoms with Crippen molar-refractivity contribution >= 4 is 62.4 Å². The molecule has 2 saturated heterocycles. The van der Waals surface area contributed by atoms with Crippen LogP contribution in [0.2, 0.25) is 23.2 Å². The second kappa shape index (κ2) is 12.9. The maximum Gasteiger partial charge on any atom is 0.323 e. The van der Waals surface area contributed by atoms with Gasteiger partial charge in [-0.15, -0.1) is 16.9 Å². The lowest BCUT2D eigenvalue weighted by molar-refractivity contribution is -0.165. The van der Waals surface area contributed by atoms with Crippen molar-refractivity contribution in [3.8, 4) is 0 Å². The number of aromatic nitrogens is 4. The van der Waals surface area contributed by atoms with Gasteiger partial charge in [-0.1, -0.05) is 114 Å². The van der Waals surface area contributed by atoms with Gasteiger partial charge in [-0.3, -0.25) is 9.59 Å². The quantitative estimate of drug-likeness (QED) is 0.163. The van der Waals surface area contributed by atoms with Crippen LogP contribution in [0.4, 0.5) is 0 Å². The average Bonchev–Trinajstić information content (AvgIpc) is 3.54. The molecule has 3 heterocycles. The third-order valence-corrected chi connectivity index (χ3v) is 22.1. The van der Waals surface area contributed by atoms with Crippen molar-refractivity contribution in [3.05, 3.63) is 60.7 Å². The maximum absolute atomic E-state index is 14.8. The first-order chi connectivity index (χ1) is 21.5. The summed E-state index contributed by atoms with van der Waals surface area (Å²) in [6.45, 7) is 19.5. The molecular formula is C33H47N5O4S2Si2. The molecule has 2 aliphatic heterocycles. The number of amides is 1. The van der Waals surface area contributed by atoms with Crippen LogP contribution in [0.25, 0.3) is 0 Å². The molecule has 46 heavy (non-hydrogen) atoms. The van der Waals surface area contributed by atoms with E-state index in [0.717, 1.165) is 10.4 Å². The Kier molecular flexibility index (Phi) is 9.75. The molecule has 1 amide bonds. The van der Waals surface area contributed by atoms with E-state index in [4.69, 9.17) is 8.85 Å². The predicted octanol–water partition coefficient (Wildman–Crippen LogP) is 5.08. The van der Waals surface area contributed by atoms with E-state index in [2.05, 4.69) is 94.4 Å². The zero-order chi connectivity index (χ0) is 33.7. The van der Waals surface area contributed by atoms with Gasteiger partial charge in [0.2, 0.25) is 11.1 Å². The summed E-state index contributed by atoms with van der Waals surface area (Å²) < 4.78 is 15.3. The second-order valence-electron chi connectivity index (χ2n) is 14.8. The number of β-lactam (4-membered cyclic amide) rings is 1. The van der Waals surface area contributed by atoms with E-state index < -0.39 is 27.7 Å². The molecule has 5 rings (SSSR count). The number of hydrogen-bond donors (Lipinski definition) is 0. The van der Waals surface area contributed by atoms with Gasteiger partial charge in [0.1, 0.15) is 6.04 Å². The summed E-state index contributed by atoms with van der Waals surface area (Å²) >= 11 is 3.17. The number of nitrogens with zero attached hydrogens (tertiary/aromatic N) is 5. The lowest BCUT2D eigenvalue weighted by Gasteiger charge is -2.49. The van der Waals surface area contributed by atoms with Gasteiger partial charge in [0.05, 0.1) is 17.4 Å². The molecular weight excluding hydrogens is 651 g/mol. The van der Waals surface area contributed by atoms with E-state index in [0.29, 0.717) is 10.9 Å². The van der Waals surface area contributed by atoms with Gasteiger partial charge in [0, 0.05) is 18.1 Å². The Morgan fingerprint density at radius 1 is 0.978 bits per heavy atom. The standard InChI is InChI=1S/C33H47N5O4S2Si2/c1-22(41-45(9,10)32(2,3)4)26-28(39)38-27(25(44-29(26)38)21-43-31-34-35-36-37(31)8)30(40)42-46(33(5,6)7,23-17-13-11-14-18-23)24-19-15-12-16-20-24/h11-20,22,25-27,29H,21H2,1-10H3/t22-,25?,26+,27?,29-/m1/s1. The number of carbonyl (C=O) groups is 2. The molecule has 0 spiro atoms. The summed E-state index contributed by atoms with van der Waals surface area (Å²) in [5, 5.41) is 13.8. The zero-order valence-electron chi connectivity index (χ0n) is 28.6. The summed E-state index contributed by atoms with van der Waals surface area (Å²) in [5.41, 5.74) is 0. The molecule has 9 nitrogen and oxygen atoms in total. The molecule has 0 N–H and O–H groups in total. The topological polar surface area (TPSA) is 99.4 Å². The van der Waals surface area contributed by atoms with Crippen molar-refractivity contribution in [2.24, 2.45) is 13.0 Å². The van der Waals surface area contributed by atoms with Crippen LogP contribution in [0.1, 0.15) is 48.5 Å². The van der Waals surface area contributed by atoms with Gasteiger partial charge in [0.25, 0.3) is 0 Å². The van der Waals surface area contributed by atoms with Crippen molar-refractivity contribution in [1.82, 2.24) is 25.1 Å². The Morgan fingerprint density at radius 3 is 2.02 bits per heavy atom. The highest BCUT2D eigenvalue weighted by Gasteiger charge is 2.64. The minimum Gasteiger partial charge on any atom is -0.508 e. The van der Waals surface area contributed by atoms with Crippen LogP contribution in [0, 0.1) is 5.92 Å². The molecule has 0 aliphatic carbocycles. The van der Waals surface area contributed by atoms with Gasteiger partial charge < -0.3 is 13.8 Å². The Bertz CT molecular complexity index is 1510. The Labute approximate surface area is 283 Å². The summed E-state index contributed by atoms with van der Waals surface area (Å²) in [7, 11) is -3.52. The first kappa shape index (κ1) is 34.9. The van der Waals surface area contributed by atoms with E-state index in [1.807, 2.05) is 43.3 Å². The molecule has 2 fully saturated rings. The summed E-state index contributed by atoms with van der Waals surface area (Å²) in [6, 6.07) is 19.5. The fraction of sp³-hybridized carbons (Fsp3) is 0.545. The second-order valence-corrected chi connectivity index (χ2v) is 26.2. The molecule has 3 aromatic rings. The van der Waals surface area contributed by atoms with E-state index >= 15 is 0 Å². The van der Waals surface area contributed by atoms with Gasteiger partial charge >= 0.3 is 14.3 Å². The molecule has 248 valence electrons. The zero-order valence-corrected chi connectivity index (χ0v) is 32.2. The van der Waals surface area contributed by atoms with E-state index in [1.54, 1.807) is 28.4 Å². The number of thioether (sulfide) groups is 2. The van der Waals surface area contributed by atoms with Crippen LogP contribution in [0.3, 0.4) is 0 Å². The molecule has 0 saturated carbocycles. The molecule has 13 heteroatoms. The number of hydrogen-bond acceptors (Lipinski definition) is 9. The fourth-order valence-electron chi connectivity index (χ4n) is 6.29. The number of fused-ring (bicyclic) bond motifs is 1. The highest BCUT2D eigenvalue weighted by molar-refractivity contribution is 8.04. The number of tetrazole rings is 1. The Hall–Kier alpha value is -2.46. The minimum atomic E-state index is -3.19. The van der Waals surface area contributed by atoms with Gasteiger partial charge in [-0.05, 0) is 50.9 Å². The van der Waals surface area contributed by atoms with E-state index in [9.17, 15) is 9.59 Å². The summed E-state index contributed by atoms with van der Waals surface area (Å²) in [5.74, 6) is -0.172. The monoisotopic (exact) mass is 697 g/mol. The number of rotatable bonds is 10. The van der Waals surface area contributed by atoms with Crippen LogP contribution in [0.15, 0.2) is 65.8 Å². The van der Waals surface area contributed by atoms with Crippen molar-refractivity contribution in [1.29, 1.82) is 0 Å². The molecule has 2 aromatic carbocycles. The minimum absolute atomic E-state index is 0.0159. The largest absolute Gasteiger partial charge is 0.508 e. The Morgan fingerprint density at radius 2 is 1.54 bits per heavy atom. The lowest BCUT2D eigenvalue weighted by Crippen LogP contribution is -2.70. The van der Waals surface area contributed by atoms with Crippen LogP contribution >= 0.6 is 23.5 Å². The number of aryl methyl sites for hydroxylation is 1. The molecule has 5 atom stereocenters.